The van der Waals surface area contributed by atoms with Gasteiger partial charge in [-0.1, -0.05) is 81.8 Å². The van der Waals surface area contributed by atoms with E-state index in [0.717, 1.165) is 12.8 Å². The average Bonchev–Trinajstić information content (AvgIpc) is 2.75. The standard InChI is InChI=1S/C26H28O3/c1-4-8-20-11-15-24(16-12-20)29-25(27)19-28-23-17-13-22(14-18-23)26(2,3)21-9-6-5-7-10-21/h5-7,9-18H,4,8,19H2,1-3H3. The van der Waals surface area contributed by atoms with Crippen LogP contribution in [0.4, 0.5) is 0 Å². The Morgan fingerprint density at radius 3 is 2.00 bits per heavy atom. The summed E-state index contributed by atoms with van der Waals surface area (Å²) in [5.74, 6) is 0.771. The van der Waals surface area contributed by atoms with Crippen molar-refractivity contribution in [3.8, 4) is 11.5 Å². The molecule has 0 N–H and O–H groups in total. The Balaban J connectivity index is 1.55. The molecule has 3 aromatic rings. The van der Waals surface area contributed by atoms with Gasteiger partial charge in [-0.2, -0.15) is 0 Å². The number of hydrogen-bond donors (Lipinski definition) is 0. The zero-order chi connectivity index (χ0) is 20.7. The molecule has 0 fully saturated rings. The summed E-state index contributed by atoms with van der Waals surface area (Å²) >= 11 is 0. The van der Waals surface area contributed by atoms with Crippen molar-refractivity contribution in [1.82, 2.24) is 0 Å². The minimum atomic E-state index is -0.415. The summed E-state index contributed by atoms with van der Waals surface area (Å²) in [5, 5.41) is 0. The molecule has 0 amide bonds. The first-order chi connectivity index (χ1) is 14.0. The van der Waals surface area contributed by atoms with Gasteiger partial charge in [0.25, 0.3) is 0 Å². The van der Waals surface area contributed by atoms with Gasteiger partial charge in [0.15, 0.2) is 6.61 Å². The van der Waals surface area contributed by atoms with E-state index in [4.69, 9.17) is 9.47 Å². The molecule has 3 nitrogen and oxygen atoms in total. The first-order valence-corrected chi connectivity index (χ1v) is 10.1. The van der Waals surface area contributed by atoms with E-state index < -0.39 is 5.97 Å². The van der Waals surface area contributed by atoms with Crippen molar-refractivity contribution in [3.05, 3.63) is 95.6 Å². The Hall–Kier alpha value is -3.07. The summed E-state index contributed by atoms with van der Waals surface area (Å²) < 4.78 is 10.9. The molecule has 0 aliphatic rings. The second kappa shape index (κ2) is 9.42. The number of carbonyl (C=O) groups excluding carboxylic acids is 1. The number of benzene rings is 3. The lowest BCUT2D eigenvalue weighted by atomic mass is 9.78. The normalized spacial score (nSPS) is 11.1. The van der Waals surface area contributed by atoms with Gasteiger partial charge in [-0.15, -0.1) is 0 Å². The Labute approximate surface area is 173 Å². The molecule has 0 spiro atoms. The molecule has 0 heterocycles. The number of rotatable bonds is 8. The molecule has 0 unspecified atom stereocenters. The Morgan fingerprint density at radius 2 is 1.38 bits per heavy atom. The summed E-state index contributed by atoms with van der Waals surface area (Å²) in [7, 11) is 0. The molecular weight excluding hydrogens is 360 g/mol. The highest BCUT2D eigenvalue weighted by atomic mass is 16.6. The van der Waals surface area contributed by atoms with Crippen LogP contribution in [0.2, 0.25) is 0 Å². The zero-order valence-corrected chi connectivity index (χ0v) is 17.4. The number of hydrogen-bond acceptors (Lipinski definition) is 3. The SMILES string of the molecule is CCCc1ccc(OC(=O)COc2ccc(C(C)(C)c3ccccc3)cc2)cc1. The van der Waals surface area contributed by atoms with Gasteiger partial charge < -0.3 is 9.47 Å². The van der Waals surface area contributed by atoms with Crippen molar-refractivity contribution >= 4 is 5.97 Å². The molecule has 0 aliphatic heterocycles. The maximum absolute atomic E-state index is 12.1. The smallest absolute Gasteiger partial charge is 0.349 e. The lowest BCUT2D eigenvalue weighted by molar-refractivity contribution is -0.136. The molecular formula is C26H28O3. The van der Waals surface area contributed by atoms with E-state index in [1.165, 1.54) is 16.7 Å². The van der Waals surface area contributed by atoms with E-state index in [1.807, 2.05) is 54.6 Å². The van der Waals surface area contributed by atoms with Crippen LogP contribution in [-0.4, -0.2) is 12.6 Å². The highest BCUT2D eigenvalue weighted by molar-refractivity contribution is 5.74. The molecule has 3 aromatic carbocycles. The quantitative estimate of drug-likeness (QED) is 0.353. The van der Waals surface area contributed by atoms with Crippen molar-refractivity contribution < 1.29 is 14.3 Å². The molecule has 0 saturated heterocycles. The first-order valence-electron chi connectivity index (χ1n) is 10.1. The summed E-state index contributed by atoms with van der Waals surface area (Å²) in [4.78, 5) is 12.1. The van der Waals surface area contributed by atoms with E-state index in [9.17, 15) is 4.79 Å². The molecule has 0 aliphatic carbocycles. The average molecular weight is 389 g/mol. The van der Waals surface area contributed by atoms with Crippen LogP contribution in [-0.2, 0) is 16.6 Å². The third-order valence-electron chi connectivity index (χ3n) is 5.12. The largest absolute Gasteiger partial charge is 0.482 e. The maximum atomic E-state index is 12.1. The van der Waals surface area contributed by atoms with Crippen LogP contribution in [0.15, 0.2) is 78.9 Å². The topological polar surface area (TPSA) is 35.5 Å². The lowest BCUT2D eigenvalue weighted by Gasteiger charge is -2.26. The van der Waals surface area contributed by atoms with Crippen molar-refractivity contribution in [2.24, 2.45) is 0 Å². The molecule has 0 aromatic heterocycles. The van der Waals surface area contributed by atoms with Gasteiger partial charge in [-0.05, 0) is 47.4 Å². The minimum absolute atomic E-state index is 0.108. The molecule has 150 valence electrons. The van der Waals surface area contributed by atoms with Crippen molar-refractivity contribution in [2.75, 3.05) is 6.61 Å². The number of esters is 1. The third kappa shape index (κ3) is 5.47. The third-order valence-corrected chi connectivity index (χ3v) is 5.12. The maximum Gasteiger partial charge on any atom is 0.349 e. The van der Waals surface area contributed by atoms with Crippen molar-refractivity contribution in [2.45, 2.75) is 39.0 Å². The molecule has 0 saturated carbocycles. The van der Waals surface area contributed by atoms with Gasteiger partial charge in [0.05, 0.1) is 0 Å². The highest BCUT2D eigenvalue weighted by Crippen LogP contribution is 2.32. The molecule has 0 bridgehead atoms. The predicted molar refractivity (Wildman–Crippen MR) is 117 cm³/mol. The van der Waals surface area contributed by atoms with Crippen LogP contribution in [0.1, 0.15) is 43.9 Å². The van der Waals surface area contributed by atoms with Gasteiger partial charge in [-0.3, -0.25) is 0 Å². The van der Waals surface area contributed by atoms with E-state index in [1.54, 1.807) is 0 Å². The zero-order valence-electron chi connectivity index (χ0n) is 17.4. The second-order valence-corrected chi connectivity index (χ2v) is 7.67. The van der Waals surface area contributed by atoms with Crippen molar-refractivity contribution in [1.29, 1.82) is 0 Å². The van der Waals surface area contributed by atoms with Crippen LogP contribution in [0.25, 0.3) is 0 Å². The Bertz CT molecular complexity index is 910. The molecule has 29 heavy (non-hydrogen) atoms. The lowest BCUT2D eigenvalue weighted by Crippen LogP contribution is -2.19. The van der Waals surface area contributed by atoms with Gasteiger partial charge in [-0.25, -0.2) is 4.79 Å². The van der Waals surface area contributed by atoms with E-state index in [-0.39, 0.29) is 12.0 Å². The predicted octanol–water partition coefficient (Wildman–Crippen LogP) is 5.95. The molecule has 0 atom stereocenters. The van der Waals surface area contributed by atoms with Crippen LogP contribution in [0, 0.1) is 0 Å². The van der Waals surface area contributed by atoms with Gasteiger partial charge in [0.1, 0.15) is 11.5 Å². The fourth-order valence-electron chi connectivity index (χ4n) is 3.31. The second-order valence-electron chi connectivity index (χ2n) is 7.67. The summed E-state index contributed by atoms with van der Waals surface area (Å²) in [6.45, 7) is 6.40. The van der Waals surface area contributed by atoms with Crippen LogP contribution < -0.4 is 9.47 Å². The molecule has 0 radical (unpaired) electrons. The van der Waals surface area contributed by atoms with E-state index in [2.05, 4.69) is 45.0 Å². The molecule has 3 rings (SSSR count). The number of ether oxygens (including phenoxy) is 2. The summed E-state index contributed by atoms with van der Waals surface area (Å²) in [5.41, 5.74) is 3.57. The van der Waals surface area contributed by atoms with Crippen LogP contribution >= 0.6 is 0 Å². The highest BCUT2D eigenvalue weighted by Gasteiger charge is 2.22. The van der Waals surface area contributed by atoms with Crippen LogP contribution in [0.3, 0.4) is 0 Å². The fourth-order valence-corrected chi connectivity index (χ4v) is 3.31. The summed E-state index contributed by atoms with van der Waals surface area (Å²) in [6.07, 6.45) is 2.11. The van der Waals surface area contributed by atoms with E-state index in [0.29, 0.717) is 11.5 Å². The van der Waals surface area contributed by atoms with Crippen LogP contribution in [0.5, 0.6) is 11.5 Å². The Morgan fingerprint density at radius 1 is 0.793 bits per heavy atom. The van der Waals surface area contributed by atoms with Gasteiger partial charge in [0.2, 0.25) is 0 Å². The van der Waals surface area contributed by atoms with Gasteiger partial charge >= 0.3 is 5.97 Å². The monoisotopic (exact) mass is 388 g/mol. The van der Waals surface area contributed by atoms with E-state index >= 15 is 0 Å². The first kappa shape index (κ1) is 20.7. The number of aryl methyl sites for hydroxylation is 1. The van der Waals surface area contributed by atoms with Gasteiger partial charge in [0, 0.05) is 5.41 Å². The van der Waals surface area contributed by atoms with Crippen molar-refractivity contribution in [3.63, 3.8) is 0 Å². The minimum Gasteiger partial charge on any atom is -0.482 e. The number of carbonyl (C=O) groups is 1. The molecule has 3 heteroatoms. The Kier molecular flexibility index (Phi) is 6.71. The fraction of sp³-hybridized carbons (Fsp3) is 0.269. The summed E-state index contributed by atoms with van der Waals surface area (Å²) in [6, 6.07) is 25.9.